The first-order valence-electron chi connectivity index (χ1n) is 9.99. The van der Waals surface area contributed by atoms with E-state index in [1.807, 2.05) is 45.9 Å². The summed E-state index contributed by atoms with van der Waals surface area (Å²) in [6, 6.07) is 4.05. The fraction of sp³-hybridized carbons (Fsp3) is 0.450. The highest BCUT2D eigenvalue weighted by molar-refractivity contribution is 7.98. The number of aromatic nitrogens is 4. The summed E-state index contributed by atoms with van der Waals surface area (Å²) in [5, 5.41) is 5.25. The molecule has 2 aliphatic heterocycles. The first-order valence-corrected chi connectivity index (χ1v) is 12.0. The Labute approximate surface area is 178 Å². The van der Waals surface area contributed by atoms with Crippen molar-refractivity contribution in [1.29, 1.82) is 0 Å². The lowest BCUT2D eigenvalue weighted by molar-refractivity contribution is 0.0631. The lowest BCUT2D eigenvalue weighted by Crippen LogP contribution is -2.49. The third-order valence-corrected chi connectivity index (χ3v) is 8.04. The molecule has 3 aromatic rings. The summed E-state index contributed by atoms with van der Waals surface area (Å²) in [5.41, 5.74) is 2.23. The number of rotatable bonds is 5. The quantitative estimate of drug-likeness (QED) is 0.625. The number of carbonyl (C=O) groups excluding carboxylic acids is 1. The van der Waals surface area contributed by atoms with Crippen LogP contribution in [0.15, 0.2) is 37.2 Å². The van der Waals surface area contributed by atoms with E-state index in [4.69, 9.17) is 0 Å². The average molecular weight is 429 g/mol. The molecule has 3 aromatic heterocycles. The summed E-state index contributed by atoms with van der Waals surface area (Å²) in [4.78, 5) is 23.4. The van der Waals surface area contributed by atoms with E-state index < -0.39 is 0 Å². The van der Waals surface area contributed by atoms with Crippen molar-refractivity contribution >= 4 is 29.0 Å². The lowest BCUT2D eigenvalue weighted by atomic mass is 10.1. The van der Waals surface area contributed by atoms with Crippen LogP contribution in [-0.4, -0.2) is 73.5 Å². The van der Waals surface area contributed by atoms with Crippen molar-refractivity contribution in [3.05, 3.63) is 53.2 Å². The molecule has 5 rings (SSSR count). The van der Waals surface area contributed by atoms with Crippen LogP contribution in [0.5, 0.6) is 0 Å². The first-order chi connectivity index (χ1) is 14.3. The van der Waals surface area contributed by atoms with Gasteiger partial charge in [-0.15, -0.1) is 11.3 Å². The van der Waals surface area contributed by atoms with Crippen LogP contribution < -0.4 is 0 Å². The fourth-order valence-electron chi connectivity index (χ4n) is 4.01. The number of thioether (sulfide) groups is 1. The van der Waals surface area contributed by atoms with Crippen LogP contribution in [0.25, 0.3) is 5.00 Å². The van der Waals surface area contributed by atoms with Gasteiger partial charge in [0, 0.05) is 55.7 Å². The lowest BCUT2D eigenvalue weighted by Gasteiger charge is -2.35. The van der Waals surface area contributed by atoms with Gasteiger partial charge in [0.25, 0.3) is 5.91 Å². The molecule has 2 aliphatic rings. The third-order valence-electron chi connectivity index (χ3n) is 5.63. The van der Waals surface area contributed by atoms with E-state index in [1.165, 1.54) is 10.4 Å². The molecule has 0 aliphatic carbocycles. The molecule has 0 aromatic carbocycles. The number of hydrogen-bond donors (Lipinski definition) is 0. The van der Waals surface area contributed by atoms with Crippen LogP contribution in [0.3, 0.4) is 0 Å². The minimum absolute atomic E-state index is 0.203. The van der Waals surface area contributed by atoms with Gasteiger partial charge in [0.05, 0.1) is 12.1 Å². The molecular formula is C20H24N6OS2. The fourth-order valence-corrected chi connectivity index (χ4v) is 6.45. The van der Waals surface area contributed by atoms with E-state index in [-0.39, 0.29) is 5.91 Å². The van der Waals surface area contributed by atoms with Crippen LogP contribution in [-0.2, 0) is 18.7 Å². The van der Waals surface area contributed by atoms with Crippen LogP contribution >= 0.6 is 23.1 Å². The van der Waals surface area contributed by atoms with Gasteiger partial charge in [-0.1, -0.05) is 0 Å². The zero-order valence-corrected chi connectivity index (χ0v) is 17.9. The van der Waals surface area contributed by atoms with Crippen molar-refractivity contribution in [3.63, 3.8) is 0 Å². The van der Waals surface area contributed by atoms with Crippen LogP contribution in [0.4, 0.5) is 0 Å². The Balaban J connectivity index is 1.30. The third kappa shape index (κ3) is 3.86. The number of carbonyl (C=O) groups is 1. The highest BCUT2D eigenvalue weighted by Crippen LogP contribution is 2.39. The number of fused-ring (bicyclic) bond motifs is 1. The van der Waals surface area contributed by atoms with Gasteiger partial charge in [-0.25, -0.2) is 4.98 Å². The van der Waals surface area contributed by atoms with Crippen molar-refractivity contribution in [2.24, 2.45) is 0 Å². The van der Waals surface area contributed by atoms with Crippen molar-refractivity contribution in [2.75, 3.05) is 38.5 Å². The van der Waals surface area contributed by atoms with Crippen molar-refractivity contribution in [1.82, 2.24) is 29.1 Å². The van der Waals surface area contributed by atoms with Crippen molar-refractivity contribution < 1.29 is 4.79 Å². The monoisotopic (exact) mass is 428 g/mol. The Morgan fingerprint density at radius 3 is 2.69 bits per heavy atom. The van der Waals surface area contributed by atoms with E-state index in [1.54, 1.807) is 24.0 Å². The normalized spacial score (nSPS) is 17.4. The Kier molecular flexibility index (Phi) is 5.43. The maximum absolute atomic E-state index is 13.6. The van der Waals surface area contributed by atoms with E-state index in [2.05, 4.69) is 19.5 Å². The van der Waals surface area contributed by atoms with Crippen LogP contribution in [0, 0.1) is 0 Å². The molecule has 1 fully saturated rings. The summed E-state index contributed by atoms with van der Waals surface area (Å²) in [6.45, 7) is 5.14. The summed E-state index contributed by atoms with van der Waals surface area (Å²) in [7, 11) is 0. The minimum Gasteiger partial charge on any atom is -0.336 e. The Bertz CT molecular complexity index is 958. The van der Waals surface area contributed by atoms with Gasteiger partial charge in [-0.3, -0.25) is 14.4 Å². The van der Waals surface area contributed by atoms with Gasteiger partial charge < -0.3 is 9.47 Å². The number of hydrogen-bond acceptors (Lipinski definition) is 6. The summed E-state index contributed by atoms with van der Waals surface area (Å²) in [6.07, 6.45) is 8.41. The Hall–Kier alpha value is -2.10. The molecule has 5 heterocycles. The number of amides is 1. The van der Waals surface area contributed by atoms with Crippen LogP contribution in [0.2, 0.25) is 0 Å². The van der Waals surface area contributed by atoms with Gasteiger partial charge in [0.2, 0.25) is 0 Å². The highest BCUT2D eigenvalue weighted by atomic mass is 32.2. The molecule has 0 unspecified atom stereocenters. The Morgan fingerprint density at radius 2 is 1.93 bits per heavy atom. The van der Waals surface area contributed by atoms with E-state index in [9.17, 15) is 4.79 Å². The van der Waals surface area contributed by atoms with Gasteiger partial charge in [0.1, 0.15) is 17.7 Å². The largest absolute Gasteiger partial charge is 0.336 e. The van der Waals surface area contributed by atoms with Crippen molar-refractivity contribution in [3.8, 4) is 5.00 Å². The highest BCUT2D eigenvalue weighted by Gasteiger charge is 2.30. The molecule has 0 spiro atoms. The maximum Gasteiger partial charge on any atom is 0.257 e. The second-order valence-corrected chi connectivity index (χ2v) is 9.56. The molecule has 0 radical (unpaired) electrons. The second kappa shape index (κ2) is 8.33. The van der Waals surface area contributed by atoms with Gasteiger partial charge in [-0.05, 0) is 29.9 Å². The number of thiophene rings is 1. The molecule has 0 N–H and O–H groups in total. The molecule has 0 bridgehead atoms. The maximum atomic E-state index is 13.6. The summed E-state index contributed by atoms with van der Waals surface area (Å²) >= 11 is 3.75. The topological polar surface area (TPSA) is 59.2 Å². The molecule has 152 valence electrons. The minimum atomic E-state index is 0.203. The molecule has 7 nitrogen and oxygen atoms in total. The summed E-state index contributed by atoms with van der Waals surface area (Å²) < 4.78 is 3.96. The summed E-state index contributed by atoms with van der Waals surface area (Å²) in [5.74, 6) is 2.33. The van der Waals surface area contributed by atoms with E-state index in [0.29, 0.717) is 0 Å². The molecule has 0 saturated carbocycles. The molecule has 1 amide bonds. The van der Waals surface area contributed by atoms with Gasteiger partial charge in [-0.2, -0.15) is 16.9 Å². The predicted molar refractivity (Wildman–Crippen MR) is 116 cm³/mol. The zero-order chi connectivity index (χ0) is 19.6. The molecule has 9 heteroatoms. The van der Waals surface area contributed by atoms with Gasteiger partial charge >= 0.3 is 0 Å². The Morgan fingerprint density at radius 1 is 1.10 bits per heavy atom. The number of nitrogens with zero attached hydrogens (tertiary/aromatic N) is 6. The van der Waals surface area contributed by atoms with Crippen molar-refractivity contribution in [2.45, 2.75) is 18.7 Å². The first kappa shape index (κ1) is 18.9. The van der Waals surface area contributed by atoms with Crippen LogP contribution in [0.1, 0.15) is 20.8 Å². The molecule has 29 heavy (non-hydrogen) atoms. The average Bonchev–Trinajstić information content (AvgIpc) is 3.52. The zero-order valence-electron chi connectivity index (χ0n) is 16.2. The SMILES string of the molecule is O=C(c1c(-n2cccc2)sc2c1CCSC2)N1CCN(CCn2cncn2)CC1. The predicted octanol–water partition coefficient (Wildman–Crippen LogP) is 2.38. The smallest absolute Gasteiger partial charge is 0.257 e. The molecule has 1 saturated heterocycles. The molecule has 0 atom stereocenters. The number of piperazine rings is 1. The molecular weight excluding hydrogens is 404 g/mol. The standard InChI is InChI=1S/C20H24N6OS2/c27-19(24-9-6-23(7-10-24)8-11-26-15-21-14-22-26)18-16-3-12-28-13-17(16)29-20(18)25-4-1-2-5-25/h1-2,4-5,14-15H,3,6-13H2. The van der Waals surface area contributed by atoms with E-state index >= 15 is 0 Å². The second-order valence-electron chi connectivity index (χ2n) is 7.37. The van der Waals surface area contributed by atoms with Gasteiger partial charge in [0.15, 0.2) is 0 Å². The van der Waals surface area contributed by atoms with E-state index in [0.717, 1.165) is 67.8 Å².